The number of carboxylic acid groups (broad SMARTS) is 1. The first-order valence-electron chi connectivity index (χ1n) is 3.48. The number of hydrogen-bond donors (Lipinski definition) is 2. The Morgan fingerprint density at radius 1 is 1.62 bits per heavy atom. The molecule has 0 spiro atoms. The van der Waals surface area contributed by atoms with Crippen LogP contribution in [0.5, 0.6) is 0 Å². The Morgan fingerprint density at radius 2 is 2.31 bits per heavy atom. The Kier molecular flexibility index (Phi) is 3.57. The van der Waals surface area contributed by atoms with Crippen LogP contribution in [0.2, 0.25) is 5.02 Å². The molecule has 0 saturated heterocycles. The molecule has 0 atom stereocenters. The smallest absolute Gasteiger partial charge is 0.409 e. The summed E-state index contributed by atoms with van der Waals surface area (Å²) >= 11 is 9.15. The van der Waals surface area contributed by atoms with E-state index in [4.69, 9.17) is 16.7 Å². The molecule has 1 rings (SSSR count). The van der Waals surface area contributed by atoms with Crippen molar-refractivity contribution in [1.82, 2.24) is 0 Å². The second kappa shape index (κ2) is 4.48. The summed E-state index contributed by atoms with van der Waals surface area (Å²) in [5.41, 5.74) is 1.26. The Morgan fingerprint density at radius 3 is 2.85 bits per heavy atom. The molecule has 0 fully saturated rings. The van der Waals surface area contributed by atoms with E-state index in [2.05, 4.69) is 21.2 Å². The van der Waals surface area contributed by atoms with Gasteiger partial charge in [0.15, 0.2) is 0 Å². The van der Waals surface area contributed by atoms with E-state index >= 15 is 0 Å². The summed E-state index contributed by atoms with van der Waals surface area (Å²) in [7, 11) is 0. The fraction of sp³-hybridized carbons (Fsp3) is 0.125. The molecule has 2 N–H and O–H groups in total. The lowest BCUT2D eigenvalue weighted by Crippen LogP contribution is -2.07. The first-order valence-corrected chi connectivity index (χ1v) is 4.98. The molecule has 0 saturated carbocycles. The number of anilines is 1. The number of amides is 1. The molecule has 0 heterocycles. The summed E-state index contributed by atoms with van der Waals surface area (Å²) < 4.78 is 0. The third kappa shape index (κ3) is 2.60. The molecule has 3 nitrogen and oxygen atoms in total. The first-order chi connectivity index (χ1) is 6.15. The summed E-state index contributed by atoms with van der Waals surface area (Å²) in [4.78, 5) is 10.3. The van der Waals surface area contributed by atoms with Crippen molar-refractivity contribution in [3.63, 3.8) is 0 Å². The maximum atomic E-state index is 10.3. The van der Waals surface area contributed by atoms with Crippen molar-refractivity contribution in [2.24, 2.45) is 0 Å². The van der Waals surface area contributed by atoms with Crippen molar-refractivity contribution >= 4 is 39.3 Å². The van der Waals surface area contributed by atoms with Crippen LogP contribution in [0.15, 0.2) is 18.2 Å². The molecule has 0 aliphatic rings. The number of alkyl halides is 1. The van der Waals surface area contributed by atoms with E-state index in [-0.39, 0.29) is 0 Å². The van der Waals surface area contributed by atoms with E-state index < -0.39 is 6.09 Å². The van der Waals surface area contributed by atoms with E-state index in [0.29, 0.717) is 16.0 Å². The highest BCUT2D eigenvalue weighted by Crippen LogP contribution is 2.27. The molecule has 1 aromatic rings. The van der Waals surface area contributed by atoms with Crippen molar-refractivity contribution < 1.29 is 9.90 Å². The van der Waals surface area contributed by atoms with Crippen LogP contribution in [0.25, 0.3) is 0 Å². The Labute approximate surface area is 88.8 Å². The molecule has 0 aromatic heterocycles. The van der Waals surface area contributed by atoms with Gasteiger partial charge in [-0.05, 0) is 11.6 Å². The van der Waals surface area contributed by atoms with Gasteiger partial charge in [0.2, 0.25) is 0 Å². The fourth-order valence-corrected chi connectivity index (χ4v) is 1.76. The quantitative estimate of drug-likeness (QED) is 0.805. The average molecular weight is 265 g/mol. The second-order valence-corrected chi connectivity index (χ2v) is 3.28. The monoisotopic (exact) mass is 263 g/mol. The van der Waals surface area contributed by atoms with Crippen LogP contribution >= 0.6 is 27.5 Å². The third-order valence-electron chi connectivity index (χ3n) is 1.46. The maximum absolute atomic E-state index is 10.3. The molecular weight excluding hydrogens is 257 g/mol. The van der Waals surface area contributed by atoms with Crippen molar-refractivity contribution in [3.05, 3.63) is 28.8 Å². The lowest BCUT2D eigenvalue weighted by atomic mass is 10.2. The summed E-state index contributed by atoms with van der Waals surface area (Å²) in [5, 5.41) is 11.7. The molecule has 70 valence electrons. The molecule has 0 radical (unpaired) electrons. The standard InChI is InChI=1S/C8H7BrClNO2/c9-4-5-2-1-3-6(7(5)10)11-8(12)13/h1-3,11H,4H2,(H,12,13). The van der Waals surface area contributed by atoms with Crippen molar-refractivity contribution in [3.8, 4) is 0 Å². The van der Waals surface area contributed by atoms with Gasteiger partial charge >= 0.3 is 6.09 Å². The van der Waals surface area contributed by atoms with Crippen molar-refractivity contribution in [2.45, 2.75) is 5.33 Å². The Bertz CT molecular complexity index is 330. The fourth-order valence-electron chi connectivity index (χ4n) is 0.895. The highest BCUT2D eigenvalue weighted by Gasteiger charge is 2.06. The lowest BCUT2D eigenvalue weighted by Gasteiger charge is -2.06. The minimum absolute atomic E-state index is 0.408. The van der Waals surface area contributed by atoms with Crippen LogP contribution in [-0.2, 0) is 5.33 Å². The Balaban J connectivity index is 3.01. The van der Waals surface area contributed by atoms with Gasteiger partial charge in [-0.3, -0.25) is 5.32 Å². The van der Waals surface area contributed by atoms with Crippen LogP contribution in [0.4, 0.5) is 10.5 Å². The zero-order chi connectivity index (χ0) is 9.84. The summed E-state index contributed by atoms with van der Waals surface area (Å²) in [6.07, 6.45) is -1.12. The van der Waals surface area contributed by atoms with Gasteiger partial charge in [0.1, 0.15) is 0 Å². The summed E-state index contributed by atoms with van der Waals surface area (Å²) in [6, 6.07) is 5.18. The van der Waals surface area contributed by atoms with Gasteiger partial charge in [-0.25, -0.2) is 4.79 Å². The predicted octanol–water partition coefficient (Wildman–Crippen LogP) is 3.32. The second-order valence-electron chi connectivity index (χ2n) is 2.34. The number of nitrogens with one attached hydrogen (secondary N) is 1. The van der Waals surface area contributed by atoms with E-state index in [9.17, 15) is 4.79 Å². The van der Waals surface area contributed by atoms with Gasteiger partial charge in [-0.2, -0.15) is 0 Å². The third-order valence-corrected chi connectivity index (χ3v) is 2.51. The van der Waals surface area contributed by atoms with Crippen LogP contribution < -0.4 is 5.32 Å². The van der Waals surface area contributed by atoms with Crippen LogP contribution in [0, 0.1) is 0 Å². The van der Waals surface area contributed by atoms with E-state index in [0.717, 1.165) is 5.56 Å². The molecule has 5 heteroatoms. The molecule has 1 amide bonds. The van der Waals surface area contributed by atoms with Gasteiger partial charge in [-0.1, -0.05) is 39.7 Å². The number of rotatable bonds is 2. The molecule has 0 bridgehead atoms. The molecular formula is C8H7BrClNO2. The minimum atomic E-state index is -1.12. The highest BCUT2D eigenvalue weighted by molar-refractivity contribution is 9.08. The van der Waals surface area contributed by atoms with Crippen LogP contribution in [-0.4, -0.2) is 11.2 Å². The largest absolute Gasteiger partial charge is 0.465 e. The molecule has 0 unspecified atom stereocenters. The van der Waals surface area contributed by atoms with Gasteiger partial charge in [0.25, 0.3) is 0 Å². The number of halogens is 2. The predicted molar refractivity (Wildman–Crippen MR) is 55.7 cm³/mol. The van der Waals surface area contributed by atoms with Crippen molar-refractivity contribution in [2.75, 3.05) is 5.32 Å². The molecule has 0 aliphatic carbocycles. The molecule has 13 heavy (non-hydrogen) atoms. The van der Waals surface area contributed by atoms with E-state index in [1.165, 1.54) is 0 Å². The highest BCUT2D eigenvalue weighted by atomic mass is 79.9. The lowest BCUT2D eigenvalue weighted by molar-refractivity contribution is 0.210. The van der Waals surface area contributed by atoms with E-state index in [1.807, 2.05) is 6.07 Å². The van der Waals surface area contributed by atoms with Gasteiger partial charge in [0, 0.05) is 5.33 Å². The maximum Gasteiger partial charge on any atom is 0.409 e. The molecule has 0 aliphatic heterocycles. The van der Waals surface area contributed by atoms with Gasteiger partial charge < -0.3 is 5.11 Å². The zero-order valence-corrected chi connectivity index (χ0v) is 8.89. The number of hydrogen-bond acceptors (Lipinski definition) is 1. The summed E-state index contributed by atoms with van der Waals surface area (Å²) in [6.45, 7) is 0. The van der Waals surface area contributed by atoms with Crippen LogP contribution in [0.1, 0.15) is 5.56 Å². The van der Waals surface area contributed by atoms with Gasteiger partial charge in [-0.15, -0.1) is 0 Å². The molecule has 1 aromatic carbocycles. The normalized spacial score (nSPS) is 9.69. The summed E-state index contributed by atoms with van der Waals surface area (Å²) in [5.74, 6) is 0. The van der Waals surface area contributed by atoms with Crippen LogP contribution in [0.3, 0.4) is 0 Å². The number of benzene rings is 1. The Hall–Kier alpha value is -0.740. The topological polar surface area (TPSA) is 49.3 Å². The zero-order valence-electron chi connectivity index (χ0n) is 6.55. The van der Waals surface area contributed by atoms with E-state index in [1.54, 1.807) is 12.1 Å². The van der Waals surface area contributed by atoms with Gasteiger partial charge in [0.05, 0.1) is 10.7 Å². The average Bonchev–Trinajstić information content (AvgIpc) is 2.08. The van der Waals surface area contributed by atoms with Crippen molar-refractivity contribution in [1.29, 1.82) is 0 Å². The first kappa shape index (κ1) is 10.3. The minimum Gasteiger partial charge on any atom is -0.465 e. The number of carbonyl (C=O) groups is 1. The SMILES string of the molecule is O=C(O)Nc1cccc(CBr)c1Cl.